The SMILES string of the molecule is CN(Cc1nccn1C)C(=O)c1ccnc(C2CC2)n1. The normalized spacial score (nSPS) is 14.3. The fraction of sp³-hybridized carbons (Fsp3) is 0.429. The first-order chi connectivity index (χ1) is 9.65. The van der Waals surface area contributed by atoms with E-state index < -0.39 is 0 Å². The van der Waals surface area contributed by atoms with Gasteiger partial charge >= 0.3 is 0 Å². The molecule has 1 aliphatic carbocycles. The van der Waals surface area contributed by atoms with Crippen molar-refractivity contribution >= 4 is 5.91 Å². The molecular weight excluding hydrogens is 254 g/mol. The first-order valence-corrected chi connectivity index (χ1v) is 6.70. The Bertz CT molecular complexity index is 632. The topological polar surface area (TPSA) is 63.9 Å². The van der Waals surface area contributed by atoms with Crippen LogP contribution in [0.15, 0.2) is 24.7 Å². The van der Waals surface area contributed by atoms with E-state index in [1.54, 1.807) is 30.4 Å². The van der Waals surface area contributed by atoms with Gasteiger partial charge in [0.15, 0.2) is 0 Å². The second-order valence-electron chi connectivity index (χ2n) is 5.19. The number of amides is 1. The van der Waals surface area contributed by atoms with E-state index in [0.29, 0.717) is 18.2 Å². The summed E-state index contributed by atoms with van der Waals surface area (Å²) in [5.41, 5.74) is 0.457. The number of aromatic nitrogens is 4. The molecule has 1 aliphatic rings. The van der Waals surface area contributed by atoms with Crippen LogP contribution in [-0.4, -0.2) is 37.4 Å². The minimum absolute atomic E-state index is 0.0997. The van der Waals surface area contributed by atoms with Gasteiger partial charge in [0.1, 0.15) is 17.3 Å². The zero-order valence-electron chi connectivity index (χ0n) is 11.7. The van der Waals surface area contributed by atoms with Gasteiger partial charge < -0.3 is 9.47 Å². The van der Waals surface area contributed by atoms with Crippen LogP contribution in [0.25, 0.3) is 0 Å². The zero-order chi connectivity index (χ0) is 14.1. The Morgan fingerprint density at radius 3 is 2.85 bits per heavy atom. The summed E-state index contributed by atoms with van der Waals surface area (Å²) in [6.07, 6.45) is 7.51. The van der Waals surface area contributed by atoms with E-state index in [4.69, 9.17) is 0 Å². The Morgan fingerprint density at radius 1 is 1.40 bits per heavy atom. The largest absolute Gasteiger partial charge is 0.337 e. The number of nitrogens with zero attached hydrogens (tertiary/aromatic N) is 5. The van der Waals surface area contributed by atoms with E-state index in [1.807, 2.05) is 17.8 Å². The fourth-order valence-corrected chi connectivity index (χ4v) is 2.06. The van der Waals surface area contributed by atoms with Gasteiger partial charge in [0.25, 0.3) is 5.91 Å². The summed E-state index contributed by atoms with van der Waals surface area (Å²) >= 11 is 0. The van der Waals surface area contributed by atoms with E-state index >= 15 is 0 Å². The number of hydrogen-bond acceptors (Lipinski definition) is 4. The molecule has 0 spiro atoms. The first-order valence-electron chi connectivity index (χ1n) is 6.70. The standard InChI is InChI=1S/C14H17N5O/c1-18-8-7-15-12(18)9-19(2)14(20)11-5-6-16-13(17-11)10-3-4-10/h5-8,10H,3-4,9H2,1-2H3. The third-order valence-electron chi connectivity index (χ3n) is 3.48. The van der Waals surface area contributed by atoms with Crippen molar-refractivity contribution in [2.75, 3.05) is 7.05 Å². The van der Waals surface area contributed by atoms with Gasteiger partial charge in [0.05, 0.1) is 6.54 Å². The molecular formula is C14H17N5O. The van der Waals surface area contributed by atoms with Crippen LogP contribution in [0.5, 0.6) is 0 Å². The molecule has 0 bridgehead atoms. The summed E-state index contributed by atoms with van der Waals surface area (Å²) in [4.78, 5) is 26.8. The van der Waals surface area contributed by atoms with Crippen LogP contribution >= 0.6 is 0 Å². The molecule has 0 aromatic carbocycles. The second-order valence-corrected chi connectivity index (χ2v) is 5.19. The summed E-state index contributed by atoms with van der Waals surface area (Å²) < 4.78 is 1.90. The monoisotopic (exact) mass is 271 g/mol. The fourth-order valence-electron chi connectivity index (χ4n) is 2.06. The first kappa shape index (κ1) is 12.8. The van der Waals surface area contributed by atoms with Crippen molar-refractivity contribution < 1.29 is 4.79 Å². The van der Waals surface area contributed by atoms with Crippen molar-refractivity contribution in [1.29, 1.82) is 0 Å². The maximum atomic E-state index is 12.4. The third kappa shape index (κ3) is 2.54. The van der Waals surface area contributed by atoms with Crippen LogP contribution < -0.4 is 0 Å². The minimum Gasteiger partial charge on any atom is -0.337 e. The van der Waals surface area contributed by atoms with Gasteiger partial charge in [0, 0.05) is 38.6 Å². The van der Waals surface area contributed by atoms with E-state index in [1.165, 1.54) is 0 Å². The number of aryl methyl sites for hydroxylation is 1. The van der Waals surface area contributed by atoms with Gasteiger partial charge in [-0.05, 0) is 18.9 Å². The Morgan fingerprint density at radius 2 is 2.20 bits per heavy atom. The van der Waals surface area contributed by atoms with Crippen molar-refractivity contribution in [3.8, 4) is 0 Å². The van der Waals surface area contributed by atoms with Gasteiger partial charge in [-0.15, -0.1) is 0 Å². The second kappa shape index (κ2) is 5.03. The third-order valence-corrected chi connectivity index (χ3v) is 3.48. The van der Waals surface area contributed by atoms with E-state index in [9.17, 15) is 4.79 Å². The molecule has 0 aliphatic heterocycles. The summed E-state index contributed by atoms with van der Waals surface area (Å²) in [5.74, 6) is 1.98. The molecule has 6 heteroatoms. The van der Waals surface area contributed by atoms with Gasteiger partial charge in [-0.2, -0.15) is 0 Å². The molecule has 0 N–H and O–H groups in total. The van der Waals surface area contributed by atoms with E-state index in [-0.39, 0.29) is 5.91 Å². The van der Waals surface area contributed by atoms with Crippen molar-refractivity contribution in [3.63, 3.8) is 0 Å². The molecule has 2 aromatic heterocycles. The lowest BCUT2D eigenvalue weighted by atomic mass is 10.3. The quantitative estimate of drug-likeness (QED) is 0.842. The average molecular weight is 271 g/mol. The number of imidazole rings is 1. The molecule has 6 nitrogen and oxygen atoms in total. The Kier molecular flexibility index (Phi) is 3.22. The lowest BCUT2D eigenvalue weighted by Gasteiger charge is -2.16. The molecule has 3 rings (SSSR count). The van der Waals surface area contributed by atoms with Crippen molar-refractivity contribution in [3.05, 3.63) is 42.0 Å². The molecule has 1 fully saturated rings. The highest BCUT2D eigenvalue weighted by Gasteiger charge is 2.27. The van der Waals surface area contributed by atoms with Crippen LogP contribution in [-0.2, 0) is 13.6 Å². The van der Waals surface area contributed by atoms with Crippen molar-refractivity contribution in [1.82, 2.24) is 24.4 Å². The van der Waals surface area contributed by atoms with Crippen LogP contribution in [0.2, 0.25) is 0 Å². The predicted molar refractivity (Wildman–Crippen MR) is 73.0 cm³/mol. The van der Waals surface area contributed by atoms with Crippen LogP contribution in [0, 0.1) is 0 Å². The summed E-state index contributed by atoms with van der Waals surface area (Å²) in [5, 5.41) is 0. The van der Waals surface area contributed by atoms with Gasteiger partial charge in [-0.25, -0.2) is 15.0 Å². The molecule has 0 atom stereocenters. The molecule has 0 radical (unpaired) electrons. The van der Waals surface area contributed by atoms with Gasteiger partial charge in [-0.3, -0.25) is 4.79 Å². The molecule has 1 amide bonds. The lowest BCUT2D eigenvalue weighted by Crippen LogP contribution is -2.28. The highest BCUT2D eigenvalue weighted by molar-refractivity contribution is 5.91. The van der Waals surface area contributed by atoms with Crippen LogP contribution in [0.4, 0.5) is 0 Å². The maximum Gasteiger partial charge on any atom is 0.272 e. The van der Waals surface area contributed by atoms with Gasteiger partial charge in [-0.1, -0.05) is 0 Å². The van der Waals surface area contributed by atoms with E-state index in [0.717, 1.165) is 24.5 Å². The molecule has 20 heavy (non-hydrogen) atoms. The smallest absolute Gasteiger partial charge is 0.272 e. The van der Waals surface area contributed by atoms with Crippen LogP contribution in [0.3, 0.4) is 0 Å². The number of rotatable bonds is 4. The molecule has 2 aromatic rings. The number of carbonyl (C=O) groups is 1. The number of carbonyl (C=O) groups excluding carboxylic acids is 1. The molecule has 0 unspecified atom stereocenters. The summed E-state index contributed by atoms with van der Waals surface area (Å²) in [6, 6.07) is 1.67. The Balaban J connectivity index is 1.74. The van der Waals surface area contributed by atoms with Gasteiger partial charge in [0.2, 0.25) is 0 Å². The lowest BCUT2D eigenvalue weighted by molar-refractivity contribution is 0.0774. The Labute approximate surface area is 117 Å². The average Bonchev–Trinajstić information content (AvgIpc) is 3.24. The minimum atomic E-state index is -0.0997. The molecule has 104 valence electrons. The highest BCUT2D eigenvalue weighted by atomic mass is 16.2. The molecule has 2 heterocycles. The van der Waals surface area contributed by atoms with E-state index in [2.05, 4.69) is 15.0 Å². The maximum absolute atomic E-state index is 12.4. The summed E-state index contributed by atoms with van der Waals surface area (Å²) in [6.45, 7) is 0.463. The number of hydrogen-bond donors (Lipinski definition) is 0. The molecule has 0 saturated heterocycles. The summed E-state index contributed by atoms with van der Waals surface area (Å²) in [7, 11) is 3.67. The van der Waals surface area contributed by atoms with Crippen molar-refractivity contribution in [2.24, 2.45) is 7.05 Å². The predicted octanol–water partition coefficient (Wildman–Crippen LogP) is 1.36. The van der Waals surface area contributed by atoms with Crippen LogP contribution in [0.1, 0.15) is 40.9 Å². The zero-order valence-corrected chi connectivity index (χ0v) is 11.7. The van der Waals surface area contributed by atoms with Crippen molar-refractivity contribution in [2.45, 2.75) is 25.3 Å². The highest BCUT2D eigenvalue weighted by Crippen LogP contribution is 2.37. The Hall–Kier alpha value is -2.24. The molecule has 1 saturated carbocycles.